The molecule has 2 heterocycles. The fourth-order valence-electron chi connectivity index (χ4n) is 1.87. The van der Waals surface area contributed by atoms with Gasteiger partial charge in [-0.3, -0.25) is 4.79 Å². The minimum atomic E-state index is 0.675. The van der Waals surface area contributed by atoms with E-state index in [2.05, 4.69) is 30.6 Å². The summed E-state index contributed by atoms with van der Waals surface area (Å²) in [6, 6.07) is 11.7. The molecule has 0 aliphatic carbocycles. The second-order valence-electron chi connectivity index (χ2n) is 4.55. The quantitative estimate of drug-likeness (QED) is 0.714. The number of pyridine rings is 1. The van der Waals surface area contributed by atoms with Gasteiger partial charge in [-0.25, -0.2) is 4.98 Å². The second kappa shape index (κ2) is 7.04. The highest BCUT2D eigenvalue weighted by Gasteiger charge is 1.96. The van der Waals surface area contributed by atoms with Crippen LogP contribution in [0.3, 0.4) is 0 Å². The number of rotatable bonds is 2. The third-order valence-corrected chi connectivity index (χ3v) is 3.51. The van der Waals surface area contributed by atoms with Crippen LogP contribution < -0.4 is 5.32 Å². The van der Waals surface area contributed by atoms with Gasteiger partial charge in [-0.2, -0.15) is 0 Å². The van der Waals surface area contributed by atoms with Gasteiger partial charge in [0.05, 0.1) is 0 Å². The van der Waals surface area contributed by atoms with Crippen LogP contribution in [-0.4, -0.2) is 15.8 Å². The number of anilines is 1. The number of aromatic nitrogens is 2. The van der Waals surface area contributed by atoms with Crippen molar-refractivity contribution in [3.63, 3.8) is 0 Å². The fourth-order valence-corrected chi connectivity index (χ4v) is 2.23. The van der Waals surface area contributed by atoms with Crippen molar-refractivity contribution < 1.29 is 4.79 Å². The Kier molecular flexibility index (Phi) is 5.11. The van der Waals surface area contributed by atoms with Gasteiger partial charge in [-0.05, 0) is 43.7 Å². The summed E-state index contributed by atoms with van der Waals surface area (Å²) in [6.07, 6.45) is 4.56. The smallest absolute Gasteiger partial charge is 0.211 e. The molecule has 0 saturated heterocycles. The summed E-state index contributed by atoms with van der Waals surface area (Å²) in [4.78, 5) is 14.3. The van der Waals surface area contributed by atoms with E-state index in [0.717, 1.165) is 21.4 Å². The van der Waals surface area contributed by atoms with Crippen molar-refractivity contribution in [3.05, 3.63) is 64.5 Å². The summed E-state index contributed by atoms with van der Waals surface area (Å²) >= 11 is 3.31. The van der Waals surface area contributed by atoms with Crippen molar-refractivity contribution in [2.45, 2.75) is 13.8 Å². The highest BCUT2D eigenvalue weighted by molar-refractivity contribution is 9.10. The van der Waals surface area contributed by atoms with Crippen LogP contribution in [0.4, 0.5) is 5.69 Å². The molecular formula is C16H16BrN3O. The molecule has 0 fully saturated rings. The number of halogens is 1. The van der Waals surface area contributed by atoms with Gasteiger partial charge < -0.3 is 9.72 Å². The van der Waals surface area contributed by atoms with E-state index < -0.39 is 0 Å². The summed E-state index contributed by atoms with van der Waals surface area (Å²) in [5, 5.41) is 2.61. The van der Waals surface area contributed by atoms with Gasteiger partial charge in [0.1, 0.15) is 5.65 Å². The topological polar surface area (TPSA) is 46.4 Å². The predicted octanol–water partition coefficient (Wildman–Crippen LogP) is 3.97. The van der Waals surface area contributed by atoms with Crippen molar-refractivity contribution in [2.24, 2.45) is 0 Å². The third-order valence-electron chi connectivity index (χ3n) is 3.02. The van der Waals surface area contributed by atoms with E-state index in [1.807, 2.05) is 62.6 Å². The van der Waals surface area contributed by atoms with Crippen molar-refractivity contribution in [3.8, 4) is 0 Å². The molecule has 0 aliphatic rings. The standard InChI is InChI=1S/C8H8BrNO.C8H8N2/c1-6-2-3-7(9)4-8(6)10-5-11;1-7-6-9-8-4-2-3-5-10(7)8/h2-5H,1H3,(H,10,11);2-6H,1H3. The van der Waals surface area contributed by atoms with Gasteiger partial charge in [-0.15, -0.1) is 0 Å². The molecule has 3 rings (SSSR count). The number of aryl methyl sites for hydroxylation is 2. The first-order valence-corrected chi connectivity index (χ1v) is 7.26. The van der Waals surface area contributed by atoms with Crippen LogP contribution in [0, 0.1) is 13.8 Å². The summed E-state index contributed by atoms with van der Waals surface area (Å²) in [5.74, 6) is 0. The third kappa shape index (κ3) is 3.92. The summed E-state index contributed by atoms with van der Waals surface area (Å²) in [5.41, 5.74) is 4.09. The lowest BCUT2D eigenvalue weighted by Gasteiger charge is -2.02. The first-order chi connectivity index (χ1) is 10.1. The Labute approximate surface area is 132 Å². The van der Waals surface area contributed by atoms with Crippen LogP contribution in [0.2, 0.25) is 0 Å². The molecule has 1 aromatic carbocycles. The first-order valence-electron chi connectivity index (χ1n) is 6.47. The number of amides is 1. The van der Waals surface area contributed by atoms with Crippen LogP contribution in [0.5, 0.6) is 0 Å². The molecule has 0 saturated carbocycles. The molecule has 4 nitrogen and oxygen atoms in total. The van der Waals surface area contributed by atoms with Crippen molar-refractivity contribution in [1.29, 1.82) is 0 Å². The van der Waals surface area contributed by atoms with Gasteiger partial charge >= 0.3 is 0 Å². The largest absolute Gasteiger partial charge is 0.328 e. The SMILES string of the molecule is Cc1ccc(Br)cc1NC=O.Cc1cnc2ccccn12. The molecule has 0 bridgehead atoms. The van der Waals surface area contributed by atoms with E-state index in [1.165, 1.54) is 5.69 Å². The number of fused-ring (bicyclic) bond motifs is 1. The number of carbonyl (C=O) groups is 1. The number of nitrogens with one attached hydrogen (secondary N) is 1. The van der Waals surface area contributed by atoms with Crippen LogP contribution in [0.15, 0.2) is 53.3 Å². The van der Waals surface area contributed by atoms with E-state index in [0.29, 0.717) is 6.41 Å². The lowest BCUT2D eigenvalue weighted by molar-refractivity contribution is -0.105. The summed E-state index contributed by atoms with van der Waals surface area (Å²) in [6.45, 7) is 3.98. The molecule has 2 aromatic heterocycles. The normalized spacial score (nSPS) is 9.86. The average molecular weight is 346 g/mol. The zero-order chi connectivity index (χ0) is 15.2. The molecule has 0 spiro atoms. The van der Waals surface area contributed by atoms with E-state index in [9.17, 15) is 4.79 Å². The Balaban J connectivity index is 0.000000154. The van der Waals surface area contributed by atoms with Gasteiger partial charge in [0, 0.05) is 28.2 Å². The van der Waals surface area contributed by atoms with Gasteiger partial charge in [0.2, 0.25) is 6.41 Å². The molecule has 5 heteroatoms. The van der Waals surface area contributed by atoms with Crippen LogP contribution in [0.1, 0.15) is 11.3 Å². The molecule has 21 heavy (non-hydrogen) atoms. The van der Waals surface area contributed by atoms with E-state index in [1.54, 1.807) is 0 Å². The summed E-state index contributed by atoms with van der Waals surface area (Å²) < 4.78 is 3.02. The average Bonchev–Trinajstić information content (AvgIpc) is 2.86. The number of benzene rings is 1. The Bertz CT molecular complexity index is 752. The molecule has 0 unspecified atom stereocenters. The predicted molar refractivity (Wildman–Crippen MR) is 88.5 cm³/mol. The molecule has 3 aromatic rings. The van der Waals surface area contributed by atoms with E-state index in [4.69, 9.17) is 0 Å². The first kappa shape index (κ1) is 15.3. The Morgan fingerprint density at radius 3 is 2.76 bits per heavy atom. The monoisotopic (exact) mass is 345 g/mol. The highest BCUT2D eigenvalue weighted by Crippen LogP contribution is 2.19. The van der Waals surface area contributed by atoms with Crippen molar-refractivity contribution in [2.75, 3.05) is 5.32 Å². The maximum absolute atomic E-state index is 10.1. The zero-order valence-corrected chi connectivity index (χ0v) is 13.5. The van der Waals surface area contributed by atoms with Gasteiger partial charge in [0.15, 0.2) is 0 Å². The molecule has 0 radical (unpaired) electrons. The molecular weight excluding hydrogens is 330 g/mol. The maximum Gasteiger partial charge on any atom is 0.211 e. The minimum absolute atomic E-state index is 0.675. The Morgan fingerprint density at radius 2 is 2.05 bits per heavy atom. The molecule has 0 atom stereocenters. The zero-order valence-electron chi connectivity index (χ0n) is 11.9. The van der Waals surface area contributed by atoms with Gasteiger partial charge in [0.25, 0.3) is 0 Å². The number of hydrogen-bond donors (Lipinski definition) is 1. The molecule has 1 amide bonds. The molecule has 0 aliphatic heterocycles. The van der Waals surface area contributed by atoms with Gasteiger partial charge in [-0.1, -0.05) is 28.1 Å². The van der Waals surface area contributed by atoms with E-state index >= 15 is 0 Å². The van der Waals surface area contributed by atoms with Crippen LogP contribution >= 0.6 is 15.9 Å². The van der Waals surface area contributed by atoms with E-state index in [-0.39, 0.29) is 0 Å². The molecule has 108 valence electrons. The number of imidazole rings is 1. The fraction of sp³-hybridized carbons (Fsp3) is 0.125. The number of nitrogens with zero attached hydrogens (tertiary/aromatic N) is 2. The minimum Gasteiger partial charge on any atom is -0.328 e. The van der Waals surface area contributed by atoms with Crippen LogP contribution in [-0.2, 0) is 4.79 Å². The molecule has 1 N–H and O–H groups in total. The number of carbonyl (C=O) groups excluding carboxylic acids is 1. The highest BCUT2D eigenvalue weighted by atomic mass is 79.9. The lowest BCUT2D eigenvalue weighted by Crippen LogP contribution is -1.95. The summed E-state index contributed by atoms with van der Waals surface area (Å²) in [7, 11) is 0. The lowest BCUT2D eigenvalue weighted by atomic mass is 10.2. The van der Waals surface area contributed by atoms with Crippen molar-refractivity contribution in [1.82, 2.24) is 9.38 Å². The second-order valence-corrected chi connectivity index (χ2v) is 5.47. The maximum atomic E-state index is 10.1. The van der Waals surface area contributed by atoms with Crippen LogP contribution in [0.25, 0.3) is 5.65 Å². The number of hydrogen-bond acceptors (Lipinski definition) is 2. The van der Waals surface area contributed by atoms with Crippen molar-refractivity contribution >= 4 is 33.7 Å². The Hall–Kier alpha value is -2.14. The Morgan fingerprint density at radius 1 is 1.24 bits per heavy atom.